The Kier molecular flexibility index (Phi) is 5.56. The van der Waals surface area contributed by atoms with E-state index < -0.39 is 16.1 Å². The van der Waals surface area contributed by atoms with Crippen molar-refractivity contribution in [1.82, 2.24) is 10.0 Å². The Morgan fingerprint density at radius 3 is 2.38 bits per heavy atom. The molecule has 0 aromatic heterocycles. The van der Waals surface area contributed by atoms with Gasteiger partial charge in [0, 0.05) is 6.04 Å². The summed E-state index contributed by atoms with van der Waals surface area (Å²) in [5, 5.41) is 5.69. The number of nitrogens with two attached hydrogens (primary N) is 1. The number of amides is 1. The first kappa shape index (κ1) is 17.3. The number of carbonyl (C=O) groups is 1. The van der Waals surface area contributed by atoms with Gasteiger partial charge in [-0.15, -0.1) is 0 Å². The molecule has 118 valence electrons. The van der Waals surface area contributed by atoms with Crippen molar-refractivity contribution in [3.8, 4) is 0 Å². The van der Waals surface area contributed by atoms with Gasteiger partial charge in [0.25, 0.3) is 0 Å². The van der Waals surface area contributed by atoms with Crippen LogP contribution < -0.4 is 21.1 Å². The van der Waals surface area contributed by atoms with Crippen LogP contribution in [0.1, 0.15) is 20.8 Å². The summed E-state index contributed by atoms with van der Waals surface area (Å²) in [6.07, 6.45) is 0. The van der Waals surface area contributed by atoms with Gasteiger partial charge in [0.05, 0.1) is 16.3 Å². The van der Waals surface area contributed by atoms with Crippen LogP contribution in [0, 0.1) is 0 Å². The number of benzene rings is 1. The first-order valence-electron chi connectivity index (χ1n) is 6.57. The van der Waals surface area contributed by atoms with E-state index in [0.717, 1.165) is 0 Å². The molecule has 0 bridgehead atoms. The second-order valence-corrected chi connectivity index (χ2v) is 6.87. The molecule has 0 saturated carbocycles. The molecule has 1 amide bonds. The molecule has 21 heavy (non-hydrogen) atoms. The van der Waals surface area contributed by atoms with Crippen LogP contribution in [0.2, 0.25) is 0 Å². The first-order valence-corrected chi connectivity index (χ1v) is 8.05. The van der Waals surface area contributed by atoms with E-state index in [1.807, 2.05) is 13.8 Å². The summed E-state index contributed by atoms with van der Waals surface area (Å²) in [6, 6.07) is 3.78. The number of nitrogens with one attached hydrogen (secondary N) is 3. The predicted octanol–water partition coefficient (Wildman–Crippen LogP) is 0.502. The third-order valence-electron chi connectivity index (χ3n) is 2.80. The molecule has 0 aliphatic heterocycles. The lowest BCUT2D eigenvalue weighted by Gasteiger charge is -2.18. The first-order chi connectivity index (χ1) is 9.67. The molecule has 8 heteroatoms. The molecule has 1 rings (SSSR count). The molecule has 0 fully saturated rings. The summed E-state index contributed by atoms with van der Waals surface area (Å²) in [7, 11) is -2.23. The van der Waals surface area contributed by atoms with Crippen molar-refractivity contribution >= 4 is 27.3 Å². The average molecular weight is 314 g/mol. The maximum absolute atomic E-state index is 11.9. The Morgan fingerprint density at radius 1 is 1.24 bits per heavy atom. The van der Waals surface area contributed by atoms with Crippen molar-refractivity contribution < 1.29 is 13.2 Å². The van der Waals surface area contributed by atoms with Crippen LogP contribution in [0.3, 0.4) is 0 Å². The van der Waals surface area contributed by atoms with Gasteiger partial charge in [-0.2, -0.15) is 0 Å². The molecule has 0 spiro atoms. The fourth-order valence-corrected chi connectivity index (χ4v) is 2.41. The molecule has 0 heterocycles. The van der Waals surface area contributed by atoms with Crippen molar-refractivity contribution in [2.75, 3.05) is 18.1 Å². The van der Waals surface area contributed by atoms with E-state index in [0.29, 0.717) is 11.4 Å². The molecule has 1 aromatic carbocycles. The highest BCUT2D eigenvalue weighted by Crippen LogP contribution is 2.23. The molecule has 1 atom stereocenters. The van der Waals surface area contributed by atoms with E-state index in [9.17, 15) is 13.2 Å². The Morgan fingerprint density at radius 2 is 1.86 bits per heavy atom. The monoisotopic (exact) mass is 314 g/mol. The number of hydrogen-bond donors (Lipinski definition) is 4. The lowest BCUT2D eigenvalue weighted by atomic mass is 10.2. The second-order valence-electron chi connectivity index (χ2n) is 4.99. The van der Waals surface area contributed by atoms with Gasteiger partial charge >= 0.3 is 0 Å². The van der Waals surface area contributed by atoms with Crippen LogP contribution >= 0.6 is 0 Å². The van der Waals surface area contributed by atoms with Crippen LogP contribution in [-0.2, 0) is 14.8 Å². The zero-order chi connectivity index (χ0) is 16.2. The number of anilines is 2. The zero-order valence-corrected chi connectivity index (χ0v) is 13.4. The molecule has 0 aliphatic carbocycles. The summed E-state index contributed by atoms with van der Waals surface area (Å²) in [6.45, 7) is 5.40. The fraction of sp³-hybridized carbons (Fsp3) is 0.462. The minimum atomic E-state index is -3.56. The van der Waals surface area contributed by atoms with E-state index in [1.165, 1.54) is 25.2 Å². The lowest BCUT2D eigenvalue weighted by Crippen LogP contribution is -2.41. The van der Waals surface area contributed by atoms with Gasteiger partial charge < -0.3 is 16.4 Å². The van der Waals surface area contributed by atoms with Crippen LogP contribution in [0.4, 0.5) is 11.4 Å². The summed E-state index contributed by atoms with van der Waals surface area (Å²) in [5.41, 5.74) is 6.58. The number of sulfonamides is 1. The highest BCUT2D eigenvalue weighted by molar-refractivity contribution is 7.89. The van der Waals surface area contributed by atoms with E-state index in [4.69, 9.17) is 5.73 Å². The maximum atomic E-state index is 11.9. The van der Waals surface area contributed by atoms with Gasteiger partial charge in [-0.3, -0.25) is 4.79 Å². The van der Waals surface area contributed by atoms with Crippen LogP contribution in [0.5, 0.6) is 0 Å². The van der Waals surface area contributed by atoms with Crippen molar-refractivity contribution in [1.29, 1.82) is 0 Å². The highest BCUT2D eigenvalue weighted by Gasteiger charge is 2.17. The van der Waals surface area contributed by atoms with E-state index >= 15 is 0 Å². The molecule has 5 N–H and O–H groups in total. The maximum Gasteiger partial charge on any atom is 0.242 e. The summed E-state index contributed by atoms with van der Waals surface area (Å²) >= 11 is 0. The van der Waals surface area contributed by atoms with Crippen molar-refractivity contribution in [3.63, 3.8) is 0 Å². The number of nitrogen functional groups attached to an aromatic ring is 1. The Hall–Kier alpha value is -1.80. The topological polar surface area (TPSA) is 113 Å². The zero-order valence-electron chi connectivity index (χ0n) is 12.6. The average Bonchev–Trinajstić information content (AvgIpc) is 2.40. The molecular formula is C13H22N4O3S. The Labute approximate surface area is 125 Å². The number of carbonyl (C=O) groups excluding carboxylic acids is 1. The van der Waals surface area contributed by atoms with E-state index in [1.54, 1.807) is 6.92 Å². The number of hydrogen-bond acceptors (Lipinski definition) is 5. The lowest BCUT2D eigenvalue weighted by molar-refractivity contribution is -0.122. The van der Waals surface area contributed by atoms with Gasteiger partial charge in [0.2, 0.25) is 15.9 Å². The Bertz CT molecular complexity index is 614. The SMILES string of the molecule is CNS(=O)(=O)c1ccc(N)c(NC(C)C(=O)NC(C)C)c1. The van der Waals surface area contributed by atoms with Crippen molar-refractivity contribution in [3.05, 3.63) is 18.2 Å². The van der Waals surface area contributed by atoms with Crippen LogP contribution in [0.25, 0.3) is 0 Å². The normalized spacial score (nSPS) is 13.0. The molecule has 0 aliphatic rings. The molecule has 0 saturated heterocycles. The summed E-state index contributed by atoms with van der Waals surface area (Å²) in [5.74, 6) is -0.189. The summed E-state index contributed by atoms with van der Waals surface area (Å²) in [4.78, 5) is 11.9. The molecule has 0 radical (unpaired) electrons. The van der Waals surface area contributed by atoms with Gasteiger partial charge in [0.15, 0.2) is 0 Å². The second kappa shape index (κ2) is 6.77. The van der Waals surface area contributed by atoms with E-state index in [-0.39, 0.29) is 16.8 Å². The fourth-order valence-electron chi connectivity index (χ4n) is 1.65. The third-order valence-corrected chi connectivity index (χ3v) is 4.21. The van der Waals surface area contributed by atoms with Crippen molar-refractivity contribution in [2.24, 2.45) is 0 Å². The van der Waals surface area contributed by atoms with Gasteiger partial charge in [-0.05, 0) is 46.0 Å². The van der Waals surface area contributed by atoms with Gasteiger partial charge in [0.1, 0.15) is 6.04 Å². The molecule has 7 nitrogen and oxygen atoms in total. The number of rotatable bonds is 6. The quantitative estimate of drug-likeness (QED) is 0.571. The largest absolute Gasteiger partial charge is 0.397 e. The van der Waals surface area contributed by atoms with E-state index in [2.05, 4.69) is 15.4 Å². The minimum absolute atomic E-state index is 0.0232. The predicted molar refractivity (Wildman–Crippen MR) is 83.5 cm³/mol. The molecule has 1 aromatic rings. The summed E-state index contributed by atoms with van der Waals surface area (Å²) < 4.78 is 25.8. The van der Waals surface area contributed by atoms with Crippen LogP contribution in [0.15, 0.2) is 23.1 Å². The minimum Gasteiger partial charge on any atom is -0.397 e. The molecular weight excluding hydrogens is 292 g/mol. The standard InChI is InChI=1S/C13H22N4O3S/c1-8(2)16-13(18)9(3)17-12-7-10(5-6-11(12)14)21(19,20)15-4/h5-9,15,17H,14H2,1-4H3,(H,16,18). The Balaban J connectivity index is 2.98. The molecule has 1 unspecified atom stereocenters. The third kappa shape index (κ3) is 4.61. The van der Waals surface area contributed by atoms with Gasteiger partial charge in [-0.1, -0.05) is 0 Å². The van der Waals surface area contributed by atoms with Crippen molar-refractivity contribution in [2.45, 2.75) is 37.8 Å². The van der Waals surface area contributed by atoms with Crippen LogP contribution in [-0.4, -0.2) is 33.5 Å². The smallest absolute Gasteiger partial charge is 0.242 e. The highest BCUT2D eigenvalue weighted by atomic mass is 32.2. The van der Waals surface area contributed by atoms with Gasteiger partial charge in [-0.25, -0.2) is 13.1 Å².